The fourth-order valence-electron chi connectivity index (χ4n) is 1.28. The lowest BCUT2D eigenvalue weighted by Gasteiger charge is -2.12. The molecule has 0 radical (unpaired) electrons. The number of anilines is 1. The highest BCUT2D eigenvalue weighted by atomic mass is 19.1. The Morgan fingerprint density at radius 2 is 2.06 bits per heavy atom. The average Bonchev–Trinajstić information content (AvgIpc) is 2.33. The molecule has 0 heterocycles. The van der Waals surface area contributed by atoms with E-state index in [9.17, 15) is 8.78 Å². The van der Waals surface area contributed by atoms with Gasteiger partial charge in [0.25, 0.3) is 0 Å². The molecular formula is C12H18F2N4. The summed E-state index contributed by atoms with van der Waals surface area (Å²) in [5.74, 6) is 4.37. The summed E-state index contributed by atoms with van der Waals surface area (Å²) in [5, 5.41) is 2.53. The molecule has 18 heavy (non-hydrogen) atoms. The van der Waals surface area contributed by atoms with Crippen LogP contribution in [-0.4, -0.2) is 12.5 Å². The molecule has 0 aromatic heterocycles. The van der Waals surface area contributed by atoms with Gasteiger partial charge in [-0.25, -0.2) is 14.6 Å². The molecule has 0 spiro atoms. The zero-order valence-corrected chi connectivity index (χ0v) is 10.7. The molecule has 0 saturated heterocycles. The van der Waals surface area contributed by atoms with Crippen molar-refractivity contribution in [3.8, 4) is 0 Å². The van der Waals surface area contributed by atoms with Gasteiger partial charge < -0.3 is 5.32 Å². The van der Waals surface area contributed by atoms with Crippen molar-refractivity contribution in [3.05, 3.63) is 29.3 Å². The molecule has 0 bridgehead atoms. The molecule has 100 valence electrons. The largest absolute Gasteiger partial charge is 0.320 e. The monoisotopic (exact) mass is 256 g/mol. The molecule has 0 aliphatic carbocycles. The van der Waals surface area contributed by atoms with Crippen LogP contribution < -0.4 is 16.6 Å². The van der Waals surface area contributed by atoms with Crippen molar-refractivity contribution < 1.29 is 8.78 Å². The molecular weight excluding hydrogens is 238 g/mol. The molecule has 4 N–H and O–H groups in total. The van der Waals surface area contributed by atoms with Gasteiger partial charge in [0.1, 0.15) is 11.5 Å². The first-order valence-electron chi connectivity index (χ1n) is 5.68. The van der Waals surface area contributed by atoms with Crippen molar-refractivity contribution >= 4 is 11.6 Å². The Hall–Kier alpha value is -1.69. The summed E-state index contributed by atoms with van der Waals surface area (Å²) in [6.07, 6.45) is 0. The third-order valence-electron chi connectivity index (χ3n) is 2.28. The first-order chi connectivity index (χ1) is 8.45. The SMILES string of the molecule is Cc1ccc(F)c(NC(=NCC(C)C)NN)c1F. The van der Waals surface area contributed by atoms with Crippen LogP contribution in [0, 0.1) is 24.5 Å². The molecule has 6 heteroatoms. The predicted molar refractivity (Wildman–Crippen MR) is 69.2 cm³/mol. The fourth-order valence-corrected chi connectivity index (χ4v) is 1.28. The zero-order valence-electron chi connectivity index (χ0n) is 10.7. The van der Waals surface area contributed by atoms with Gasteiger partial charge in [-0.15, -0.1) is 0 Å². The van der Waals surface area contributed by atoms with Gasteiger partial charge in [0, 0.05) is 6.54 Å². The van der Waals surface area contributed by atoms with Crippen molar-refractivity contribution in [1.29, 1.82) is 0 Å². The van der Waals surface area contributed by atoms with Gasteiger partial charge in [0.2, 0.25) is 5.96 Å². The molecule has 1 aromatic carbocycles. The number of aryl methyl sites for hydroxylation is 1. The maximum Gasteiger partial charge on any atom is 0.210 e. The molecule has 0 fully saturated rings. The van der Waals surface area contributed by atoms with Gasteiger partial charge in [-0.2, -0.15) is 0 Å². The molecule has 0 aliphatic rings. The van der Waals surface area contributed by atoms with Gasteiger partial charge in [0.15, 0.2) is 5.82 Å². The first kappa shape index (κ1) is 14.4. The number of hydrazine groups is 1. The van der Waals surface area contributed by atoms with E-state index in [-0.39, 0.29) is 11.6 Å². The number of rotatable bonds is 3. The minimum Gasteiger partial charge on any atom is -0.320 e. The maximum atomic E-state index is 13.7. The Bertz CT molecular complexity index is 444. The summed E-state index contributed by atoms with van der Waals surface area (Å²) in [6.45, 7) is 6.01. The van der Waals surface area contributed by atoms with E-state index in [1.54, 1.807) is 6.92 Å². The molecule has 4 nitrogen and oxygen atoms in total. The zero-order chi connectivity index (χ0) is 13.7. The van der Waals surface area contributed by atoms with Crippen LogP contribution in [0.2, 0.25) is 0 Å². The van der Waals surface area contributed by atoms with Crippen molar-refractivity contribution in [2.45, 2.75) is 20.8 Å². The predicted octanol–water partition coefficient (Wildman–Crippen LogP) is 2.16. The van der Waals surface area contributed by atoms with E-state index in [1.165, 1.54) is 12.1 Å². The van der Waals surface area contributed by atoms with Gasteiger partial charge in [0.05, 0.1) is 0 Å². The Kier molecular flexibility index (Phi) is 5.03. The maximum absolute atomic E-state index is 13.7. The summed E-state index contributed by atoms with van der Waals surface area (Å²) >= 11 is 0. The van der Waals surface area contributed by atoms with E-state index < -0.39 is 11.6 Å². The topological polar surface area (TPSA) is 62.4 Å². The van der Waals surface area contributed by atoms with E-state index in [0.717, 1.165) is 0 Å². The minimum absolute atomic E-state index is 0.132. The van der Waals surface area contributed by atoms with Crippen molar-refractivity contribution in [2.24, 2.45) is 16.8 Å². The van der Waals surface area contributed by atoms with Crippen LogP contribution in [0.1, 0.15) is 19.4 Å². The number of hydrogen-bond acceptors (Lipinski definition) is 2. The Balaban J connectivity index is 2.95. The molecule has 0 aliphatic heterocycles. The lowest BCUT2D eigenvalue weighted by atomic mass is 10.2. The van der Waals surface area contributed by atoms with Crippen LogP contribution in [-0.2, 0) is 0 Å². The number of guanidine groups is 1. The van der Waals surface area contributed by atoms with Crippen molar-refractivity contribution in [2.75, 3.05) is 11.9 Å². The summed E-state index contributed by atoms with van der Waals surface area (Å²) in [6, 6.07) is 2.56. The van der Waals surface area contributed by atoms with E-state index in [2.05, 4.69) is 15.7 Å². The highest BCUT2D eigenvalue weighted by Gasteiger charge is 2.12. The summed E-state index contributed by atoms with van der Waals surface area (Å²) in [4.78, 5) is 4.08. The lowest BCUT2D eigenvalue weighted by Crippen LogP contribution is -2.37. The number of nitrogens with two attached hydrogens (primary N) is 1. The van der Waals surface area contributed by atoms with Crippen molar-refractivity contribution in [3.63, 3.8) is 0 Å². The summed E-state index contributed by atoms with van der Waals surface area (Å²) in [5.41, 5.74) is 2.38. The van der Waals surface area contributed by atoms with Crippen LogP contribution in [0.3, 0.4) is 0 Å². The van der Waals surface area contributed by atoms with Gasteiger partial charge in [-0.1, -0.05) is 19.9 Å². The Morgan fingerprint density at radius 1 is 1.39 bits per heavy atom. The molecule has 0 amide bonds. The summed E-state index contributed by atoms with van der Waals surface area (Å²) in [7, 11) is 0. The number of aliphatic imine (C=N–C) groups is 1. The second-order valence-corrected chi connectivity index (χ2v) is 4.41. The Morgan fingerprint density at radius 3 is 2.61 bits per heavy atom. The van der Waals surface area contributed by atoms with E-state index >= 15 is 0 Å². The Labute approximate surface area is 105 Å². The number of nitrogens with one attached hydrogen (secondary N) is 2. The molecule has 1 aromatic rings. The second kappa shape index (κ2) is 6.30. The first-order valence-corrected chi connectivity index (χ1v) is 5.68. The quantitative estimate of drug-likeness (QED) is 0.336. The third kappa shape index (κ3) is 3.66. The van der Waals surface area contributed by atoms with Crippen LogP contribution >= 0.6 is 0 Å². The number of hydrogen-bond donors (Lipinski definition) is 3. The highest BCUT2D eigenvalue weighted by Crippen LogP contribution is 2.21. The smallest absolute Gasteiger partial charge is 0.210 e. The second-order valence-electron chi connectivity index (χ2n) is 4.41. The molecule has 1 rings (SSSR count). The number of benzene rings is 1. The molecule has 0 saturated carbocycles. The third-order valence-corrected chi connectivity index (χ3v) is 2.28. The van der Waals surface area contributed by atoms with E-state index in [1.807, 2.05) is 13.8 Å². The van der Waals surface area contributed by atoms with Crippen LogP contribution in [0.15, 0.2) is 17.1 Å². The van der Waals surface area contributed by atoms with E-state index in [0.29, 0.717) is 18.0 Å². The van der Waals surface area contributed by atoms with Crippen LogP contribution in [0.5, 0.6) is 0 Å². The number of nitrogens with zero attached hydrogens (tertiary/aromatic N) is 1. The summed E-state index contributed by atoms with van der Waals surface area (Å²) < 4.78 is 27.2. The average molecular weight is 256 g/mol. The standard InChI is InChI=1S/C12H18F2N4/c1-7(2)6-16-12(18-15)17-11-9(13)5-4-8(3)10(11)14/h4-5,7H,6,15H2,1-3H3,(H2,16,17,18). The van der Waals surface area contributed by atoms with Gasteiger partial charge >= 0.3 is 0 Å². The van der Waals surface area contributed by atoms with E-state index in [4.69, 9.17) is 5.84 Å². The molecule has 0 atom stereocenters. The normalized spacial score (nSPS) is 11.8. The van der Waals surface area contributed by atoms with Gasteiger partial charge in [-0.3, -0.25) is 10.4 Å². The lowest BCUT2D eigenvalue weighted by molar-refractivity contribution is 0.585. The highest BCUT2D eigenvalue weighted by molar-refractivity contribution is 5.93. The van der Waals surface area contributed by atoms with Crippen molar-refractivity contribution in [1.82, 2.24) is 5.43 Å². The van der Waals surface area contributed by atoms with Crippen LogP contribution in [0.25, 0.3) is 0 Å². The molecule has 0 unspecified atom stereocenters. The van der Waals surface area contributed by atoms with Gasteiger partial charge in [-0.05, 0) is 24.5 Å². The fraction of sp³-hybridized carbons (Fsp3) is 0.417. The minimum atomic E-state index is -0.689. The van der Waals surface area contributed by atoms with Crippen LogP contribution in [0.4, 0.5) is 14.5 Å². The number of halogens is 2.